The van der Waals surface area contributed by atoms with Crippen molar-refractivity contribution >= 4 is 103 Å². The molecule has 0 saturated heterocycles. The van der Waals surface area contributed by atoms with Gasteiger partial charge in [0, 0.05) is 20.9 Å². The first-order valence-electron chi connectivity index (χ1n) is 10.2. The standard InChI is InChI=1S/C20H27I3N4O9/c1-7(29)25-16-13(21)12(14(22)17(15(16)23)26(3)8(2)30)20(36)27(11(33)4-24)5-9(31)18(34)19(35)10(32)6-28/h9-10,18-19,28,31-32,34-35H,4-6,24H2,1-3H3,(H,25,29)/t9-,10+,18+,19+/m0/s1. The number of nitrogens with zero attached hydrogens (tertiary/aromatic N) is 2. The molecule has 0 aromatic heterocycles. The summed E-state index contributed by atoms with van der Waals surface area (Å²) in [5, 5.41) is 51.6. The minimum atomic E-state index is -2.03. The number of imide groups is 1. The highest BCUT2D eigenvalue weighted by atomic mass is 127. The third-order valence-electron chi connectivity index (χ3n) is 5.03. The summed E-state index contributed by atoms with van der Waals surface area (Å²) < 4.78 is 0.959. The Kier molecular flexibility index (Phi) is 13.3. The van der Waals surface area contributed by atoms with Crippen LogP contribution >= 0.6 is 67.8 Å². The van der Waals surface area contributed by atoms with E-state index < -0.39 is 61.8 Å². The van der Waals surface area contributed by atoms with Crippen LogP contribution in [0.4, 0.5) is 11.4 Å². The Morgan fingerprint density at radius 3 is 1.92 bits per heavy atom. The van der Waals surface area contributed by atoms with Crippen LogP contribution in [0.15, 0.2) is 0 Å². The Morgan fingerprint density at radius 2 is 1.47 bits per heavy atom. The van der Waals surface area contributed by atoms with Crippen molar-refractivity contribution in [3.05, 3.63) is 16.3 Å². The van der Waals surface area contributed by atoms with Gasteiger partial charge in [0.05, 0.1) is 47.3 Å². The molecule has 4 amide bonds. The number of aliphatic hydroxyl groups is 5. The van der Waals surface area contributed by atoms with E-state index in [0.717, 1.165) is 0 Å². The summed E-state index contributed by atoms with van der Waals surface area (Å²) in [6.07, 6.45) is -7.71. The first-order chi connectivity index (χ1) is 16.6. The molecule has 0 aliphatic rings. The number of nitrogens with one attached hydrogen (secondary N) is 1. The largest absolute Gasteiger partial charge is 0.394 e. The van der Waals surface area contributed by atoms with Crippen molar-refractivity contribution in [1.82, 2.24) is 4.90 Å². The van der Waals surface area contributed by atoms with Crippen LogP contribution in [0.2, 0.25) is 0 Å². The van der Waals surface area contributed by atoms with E-state index in [0.29, 0.717) is 14.2 Å². The second kappa shape index (κ2) is 14.4. The zero-order chi connectivity index (χ0) is 28.1. The van der Waals surface area contributed by atoms with E-state index in [9.17, 15) is 39.6 Å². The van der Waals surface area contributed by atoms with E-state index >= 15 is 0 Å². The van der Waals surface area contributed by atoms with E-state index in [4.69, 9.17) is 10.8 Å². The average molecular weight is 848 g/mol. The van der Waals surface area contributed by atoms with Gasteiger partial charge in [0.1, 0.15) is 24.4 Å². The van der Waals surface area contributed by atoms with Gasteiger partial charge in [-0.3, -0.25) is 24.1 Å². The SMILES string of the molecule is CC(=O)Nc1c(I)c(C(=O)N(C[C@H](O)[C@@H](O)[C@H](O)[C@H](O)CO)C(=O)CN)c(I)c(N(C)C(C)=O)c1I. The number of benzene rings is 1. The molecule has 8 N–H and O–H groups in total. The van der Waals surface area contributed by atoms with Gasteiger partial charge in [-0.2, -0.15) is 0 Å². The Morgan fingerprint density at radius 1 is 0.944 bits per heavy atom. The number of nitrogens with two attached hydrogens (primary N) is 1. The quantitative estimate of drug-likeness (QED) is 0.140. The Hall–Kier alpha value is -0.750. The van der Waals surface area contributed by atoms with Gasteiger partial charge in [-0.15, -0.1) is 0 Å². The summed E-state index contributed by atoms with van der Waals surface area (Å²) in [7, 11) is 1.47. The number of halogens is 3. The molecule has 0 saturated carbocycles. The summed E-state index contributed by atoms with van der Waals surface area (Å²) in [6, 6.07) is 0. The molecule has 1 aromatic rings. The maximum Gasteiger partial charge on any atom is 0.262 e. The molecule has 0 aliphatic carbocycles. The van der Waals surface area contributed by atoms with Gasteiger partial charge in [-0.05, 0) is 67.8 Å². The van der Waals surface area contributed by atoms with E-state index in [-0.39, 0.29) is 24.3 Å². The lowest BCUT2D eigenvalue weighted by molar-refractivity contribution is -0.135. The Balaban J connectivity index is 3.71. The highest BCUT2D eigenvalue weighted by Crippen LogP contribution is 2.41. The highest BCUT2D eigenvalue weighted by molar-refractivity contribution is 14.1. The van der Waals surface area contributed by atoms with Crippen LogP contribution in [0.1, 0.15) is 24.2 Å². The molecule has 0 fully saturated rings. The topological polar surface area (TPSA) is 214 Å². The molecule has 0 unspecified atom stereocenters. The minimum Gasteiger partial charge on any atom is -0.394 e. The number of carbonyl (C=O) groups excluding carboxylic acids is 4. The van der Waals surface area contributed by atoms with E-state index in [2.05, 4.69) is 5.32 Å². The van der Waals surface area contributed by atoms with Crippen molar-refractivity contribution in [2.45, 2.75) is 38.3 Å². The fourth-order valence-electron chi connectivity index (χ4n) is 2.98. The molecule has 202 valence electrons. The molecule has 0 aliphatic heterocycles. The lowest BCUT2D eigenvalue weighted by Crippen LogP contribution is -2.52. The number of rotatable bonds is 10. The van der Waals surface area contributed by atoms with Crippen molar-refractivity contribution in [2.24, 2.45) is 5.73 Å². The molecule has 36 heavy (non-hydrogen) atoms. The molecule has 4 atom stereocenters. The van der Waals surface area contributed by atoms with E-state index in [1.165, 1.54) is 25.8 Å². The van der Waals surface area contributed by atoms with Gasteiger partial charge in [0.15, 0.2) is 0 Å². The number of aliphatic hydroxyl groups excluding tert-OH is 5. The zero-order valence-corrected chi connectivity index (χ0v) is 25.9. The molecule has 0 heterocycles. The first-order valence-corrected chi connectivity index (χ1v) is 13.5. The summed E-state index contributed by atoms with van der Waals surface area (Å²) >= 11 is 5.56. The summed E-state index contributed by atoms with van der Waals surface area (Å²) in [5.74, 6) is -2.71. The molecule has 13 nitrogen and oxygen atoms in total. The molecule has 0 radical (unpaired) electrons. The van der Waals surface area contributed by atoms with Gasteiger partial charge in [-0.25, -0.2) is 0 Å². The zero-order valence-electron chi connectivity index (χ0n) is 19.4. The average Bonchev–Trinajstić information content (AvgIpc) is 2.82. The lowest BCUT2D eigenvalue weighted by Gasteiger charge is -2.30. The molecule has 1 rings (SSSR count). The molecular weight excluding hydrogens is 821 g/mol. The number of carbonyl (C=O) groups is 4. The third kappa shape index (κ3) is 7.65. The molecular formula is C20H27I3N4O9. The summed E-state index contributed by atoms with van der Waals surface area (Å²) in [5.41, 5.74) is 5.89. The van der Waals surface area contributed by atoms with Crippen molar-refractivity contribution < 1.29 is 44.7 Å². The number of anilines is 2. The predicted octanol–water partition coefficient (Wildman–Crippen LogP) is -1.20. The van der Waals surface area contributed by atoms with Crippen LogP contribution in [0.5, 0.6) is 0 Å². The Bertz CT molecular complexity index is 1030. The van der Waals surface area contributed by atoms with Gasteiger partial charge in [0.25, 0.3) is 5.91 Å². The van der Waals surface area contributed by atoms with Gasteiger partial charge < -0.3 is 41.5 Å². The summed E-state index contributed by atoms with van der Waals surface area (Å²) in [4.78, 5) is 52.1. The van der Waals surface area contributed by atoms with Crippen molar-refractivity contribution in [3.8, 4) is 0 Å². The highest BCUT2D eigenvalue weighted by Gasteiger charge is 2.36. The monoisotopic (exact) mass is 848 g/mol. The smallest absolute Gasteiger partial charge is 0.262 e. The molecule has 1 aromatic carbocycles. The fourth-order valence-corrected chi connectivity index (χ4v) is 7.60. The van der Waals surface area contributed by atoms with Crippen LogP contribution in [0.3, 0.4) is 0 Å². The van der Waals surface area contributed by atoms with Crippen LogP contribution in [0, 0.1) is 10.7 Å². The fraction of sp³-hybridized carbons (Fsp3) is 0.500. The number of hydrogen-bond acceptors (Lipinski definition) is 10. The normalized spacial score (nSPS) is 14.4. The van der Waals surface area contributed by atoms with E-state index in [1.54, 1.807) is 0 Å². The van der Waals surface area contributed by atoms with Crippen LogP contribution < -0.4 is 16.0 Å². The molecule has 0 spiro atoms. The predicted molar refractivity (Wildman–Crippen MR) is 154 cm³/mol. The maximum atomic E-state index is 13.7. The van der Waals surface area contributed by atoms with Gasteiger partial charge >= 0.3 is 0 Å². The van der Waals surface area contributed by atoms with E-state index in [1.807, 2.05) is 67.8 Å². The van der Waals surface area contributed by atoms with Crippen molar-refractivity contribution in [1.29, 1.82) is 0 Å². The van der Waals surface area contributed by atoms with Gasteiger partial charge in [-0.1, -0.05) is 0 Å². The second-order valence-electron chi connectivity index (χ2n) is 7.61. The second-order valence-corrected chi connectivity index (χ2v) is 10.8. The lowest BCUT2D eigenvalue weighted by atomic mass is 10.0. The van der Waals surface area contributed by atoms with Crippen LogP contribution in [-0.2, 0) is 14.4 Å². The number of hydrogen-bond donors (Lipinski definition) is 7. The molecule has 0 bridgehead atoms. The van der Waals surface area contributed by atoms with Gasteiger partial charge in [0.2, 0.25) is 17.7 Å². The van der Waals surface area contributed by atoms with Crippen molar-refractivity contribution in [2.75, 3.05) is 37.0 Å². The number of amides is 4. The Labute approximate surface area is 247 Å². The first kappa shape index (κ1) is 33.3. The van der Waals surface area contributed by atoms with Crippen LogP contribution in [-0.4, -0.2) is 105 Å². The van der Waals surface area contributed by atoms with Crippen molar-refractivity contribution in [3.63, 3.8) is 0 Å². The minimum absolute atomic E-state index is 0.0807. The molecule has 16 heteroatoms. The summed E-state index contributed by atoms with van der Waals surface area (Å²) in [6.45, 7) is 0.183. The third-order valence-corrected chi connectivity index (χ3v) is 8.21. The van der Waals surface area contributed by atoms with Crippen LogP contribution in [0.25, 0.3) is 0 Å². The maximum absolute atomic E-state index is 13.7.